The number of halogens is 1. The summed E-state index contributed by atoms with van der Waals surface area (Å²) in [5.74, 6) is -3.68. The Morgan fingerprint density at radius 2 is 1.83 bits per heavy atom. The molecule has 23 heavy (non-hydrogen) atoms. The van der Waals surface area contributed by atoms with E-state index in [0.717, 1.165) is 24.3 Å². The van der Waals surface area contributed by atoms with Gasteiger partial charge < -0.3 is 15.6 Å². The maximum absolute atomic E-state index is 12.9. The van der Waals surface area contributed by atoms with Gasteiger partial charge in [0.05, 0.1) is 16.6 Å². The van der Waals surface area contributed by atoms with Crippen molar-refractivity contribution in [1.82, 2.24) is 0 Å². The summed E-state index contributed by atoms with van der Waals surface area (Å²) in [6, 6.07) is 6.11. The summed E-state index contributed by atoms with van der Waals surface area (Å²) in [6.07, 6.45) is 0. The largest absolute Gasteiger partial charge is 0.478 e. The Kier molecular flexibility index (Phi) is 4.21. The summed E-state index contributed by atoms with van der Waals surface area (Å²) >= 11 is 0. The van der Waals surface area contributed by atoms with Gasteiger partial charge in [0.15, 0.2) is 0 Å². The minimum Gasteiger partial charge on any atom is -0.478 e. The molecule has 0 aliphatic heterocycles. The van der Waals surface area contributed by atoms with Crippen LogP contribution in [0.1, 0.15) is 20.7 Å². The van der Waals surface area contributed by atoms with Crippen LogP contribution in [0.4, 0.5) is 10.1 Å². The molecule has 0 aliphatic rings. The number of nitrogens with zero attached hydrogens (tertiary/aromatic N) is 1. The molecule has 0 bridgehead atoms. The fourth-order valence-electron chi connectivity index (χ4n) is 1.83. The third-order valence-corrected chi connectivity index (χ3v) is 2.82. The van der Waals surface area contributed by atoms with Crippen LogP contribution in [0.2, 0.25) is 0 Å². The molecule has 3 N–H and O–H groups in total. The van der Waals surface area contributed by atoms with E-state index in [1.165, 1.54) is 12.1 Å². The van der Waals surface area contributed by atoms with Crippen molar-refractivity contribution >= 4 is 17.6 Å². The number of carboxylic acid groups (broad SMARTS) is 1. The van der Waals surface area contributed by atoms with Crippen LogP contribution in [-0.2, 0) is 0 Å². The standard InChI is InChI=1S/C14H9FN2O6/c15-7-1-3-9(4-2-7)23-11-6-8(17(21)22)5-10(13(16)18)12(11)14(19)20/h1-6H,(H2,16,18)(H,19,20). The first kappa shape index (κ1) is 15.9. The van der Waals surface area contributed by atoms with E-state index in [2.05, 4.69) is 0 Å². The first-order valence-electron chi connectivity index (χ1n) is 6.08. The van der Waals surface area contributed by atoms with Gasteiger partial charge in [0.1, 0.15) is 22.9 Å². The first-order valence-corrected chi connectivity index (χ1v) is 6.08. The molecule has 0 saturated heterocycles. The fourth-order valence-corrected chi connectivity index (χ4v) is 1.83. The Bertz CT molecular complexity index is 804. The number of carboxylic acids is 1. The number of hydrogen-bond donors (Lipinski definition) is 2. The van der Waals surface area contributed by atoms with Crippen LogP contribution >= 0.6 is 0 Å². The Labute approximate surface area is 128 Å². The van der Waals surface area contributed by atoms with Crippen LogP contribution in [-0.4, -0.2) is 21.9 Å². The van der Waals surface area contributed by atoms with Crippen molar-refractivity contribution in [3.05, 3.63) is 63.5 Å². The van der Waals surface area contributed by atoms with Gasteiger partial charge in [-0.05, 0) is 24.3 Å². The minimum atomic E-state index is -1.55. The number of hydrogen-bond acceptors (Lipinski definition) is 5. The number of benzene rings is 2. The number of ether oxygens (including phenoxy) is 1. The number of nitrogens with two attached hydrogens (primary N) is 1. The van der Waals surface area contributed by atoms with E-state index in [9.17, 15) is 29.2 Å². The summed E-state index contributed by atoms with van der Waals surface area (Å²) in [4.78, 5) is 32.8. The maximum atomic E-state index is 12.9. The maximum Gasteiger partial charge on any atom is 0.340 e. The van der Waals surface area contributed by atoms with Gasteiger partial charge in [0.2, 0.25) is 5.91 Å². The second-order valence-corrected chi connectivity index (χ2v) is 4.35. The Morgan fingerprint density at radius 3 is 2.30 bits per heavy atom. The van der Waals surface area contributed by atoms with E-state index in [4.69, 9.17) is 10.5 Å². The smallest absolute Gasteiger partial charge is 0.340 e. The molecular weight excluding hydrogens is 311 g/mol. The third-order valence-electron chi connectivity index (χ3n) is 2.82. The van der Waals surface area contributed by atoms with Gasteiger partial charge in [-0.1, -0.05) is 0 Å². The minimum absolute atomic E-state index is 0.0322. The summed E-state index contributed by atoms with van der Waals surface area (Å²) in [5.41, 5.74) is 3.32. The SMILES string of the molecule is NC(=O)c1cc([N+](=O)[O-])cc(Oc2ccc(F)cc2)c1C(=O)O. The molecule has 8 nitrogen and oxygen atoms in total. The van der Waals surface area contributed by atoms with Crippen molar-refractivity contribution < 1.29 is 28.7 Å². The number of carbonyl (C=O) groups excluding carboxylic acids is 1. The van der Waals surface area contributed by atoms with E-state index in [-0.39, 0.29) is 5.75 Å². The van der Waals surface area contributed by atoms with Gasteiger partial charge in [0.25, 0.3) is 5.69 Å². The molecule has 1 amide bonds. The normalized spacial score (nSPS) is 10.1. The van der Waals surface area contributed by atoms with E-state index in [1.807, 2.05) is 0 Å². The summed E-state index contributed by atoms with van der Waals surface area (Å²) < 4.78 is 18.1. The molecule has 118 valence electrons. The highest BCUT2D eigenvalue weighted by molar-refractivity contribution is 6.06. The molecule has 0 fully saturated rings. The molecule has 2 rings (SSSR count). The number of carbonyl (C=O) groups is 2. The van der Waals surface area contributed by atoms with E-state index >= 15 is 0 Å². The van der Waals surface area contributed by atoms with Crippen molar-refractivity contribution in [2.45, 2.75) is 0 Å². The van der Waals surface area contributed by atoms with Crippen molar-refractivity contribution in [3.8, 4) is 11.5 Å². The van der Waals surface area contributed by atoms with E-state index in [1.54, 1.807) is 0 Å². The van der Waals surface area contributed by atoms with Crippen LogP contribution in [0.25, 0.3) is 0 Å². The van der Waals surface area contributed by atoms with Crippen molar-refractivity contribution in [2.75, 3.05) is 0 Å². The van der Waals surface area contributed by atoms with Crippen LogP contribution in [0.15, 0.2) is 36.4 Å². The lowest BCUT2D eigenvalue weighted by Gasteiger charge is -2.11. The average Bonchev–Trinajstić information content (AvgIpc) is 2.48. The summed E-state index contributed by atoms with van der Waals surface area (Å²) in [5, 5.41) is 20.1. The Morgan fingerprint density at radius 1 is 1.22 bits per heavy atom. The lowest BCUT2D eigenvalue weighted by atomic mass is 10.0. The fraction of sp³-hybridized carbons (Fsp3) is 0. The average molecular weight is 320 g/mol. The first-order chi connectivity index (χ1) is 10.8. The van der Waals surface area contributed by atoms with E-state index < -0.39 is 45.2 Å². The summed E-state index contributed by atoms with van der Waals surface area (Å²) in [7, 11) is 0. The molecule has 2 aromatic rings. The highest BCUT2D eigenvalue weighted by Crippen LogP contribution is 2.32. The van der Waals surface area contributed by atoms with Crippen LogP contribution < -0.4 is 10.5 Å². The van der Waals surface area contributed by atoms with Gasteiger partial charge in [-0.3, -0.25) is 14.9 Å². The second-order valence-electron chi connectivity index (χ2n) is 4.35. The van der Waals surface area contributed by atoms with Gasteiger partial charge in [0, 0.05) is 6.07 Å². The zero-order valence-electron chi connectivity index (χ0n) is 11.4. The van der Waals surface area contributed by atoms with Crippen LogP contribution in [0.3, 0.4) is 0 Å². The number of primary amides is 1. The zero-order valence-corrected chi connectivity index (χ0v) is 11.4. The lowest BCUT2D eigenvalue weighted by Crippen LogP contribution is -2.17. The van der Waals surface area contributed by atoms with Crippen LogP contribution in [0.5, 0.6) is 11.5 Å². The predicted octanol–water partition coefficient (Wildman–Crippen LogP) is 2.32. The molecule has 0 radical (unpaired) electrons. The third kappa shape index (κ3) is 3.40. The van der Waals surface area contributed by atoms with Gasteiger partial charge in [-0.2, -0.15) is 0 Å². The molecule has 2 aromatic carbocycles. The quantitative estimate of drug-likeness (QED) is 0.641. The van der Waals surface area contributed by atoms with Crippen molar-refractivity contribution in [2.24, 2.45) is 5.73 Å². The monoisotopic (exact) mass is 320 g/mol. The topological polar surface area (TPSA) is 133 Å². The molecule has 0 aromatic heterocycles. The summed E-state index contributed by atoms with van der Waals surface area (Å²) in [6.45, 7) is 0. The molecule has 0 unspecified atom stereocenters. The van der Waals surface area contributed by atoms with Gasteiger partial charge in [-0.25, -0.2) is 9.18 Å². The van der Waals surface area contributed by atoms with Gasteiger partial charge >= 0.3 is 5.97 Å². The van der Waals surface area contributed by atoms with Gasteiger partial charge in [-0.15, -0.1) is 0 Å². The number of rotatable bonds is 5. The number of nitro groups is 1. The molecule has 0 atom stereocenters. The van der Waals surface area contributed by atoms with Crippen LogP contribution in [0, 0.1) is 15.9 Å². The molecule has 9 heteroatoms. The predicted molar refractivity (Wildman–Crippen MR) is 75.0 cm³/mol. The number of amides is 1. The highest BCUT2D eigenvalue weighted by Gasteiger charge is 2.25. The number of aromatic carboxylic acids is 1. The lowest BCUT2D eigenvalue weighted by molar-refractivity contribution is -0.384. The molecule has 0 spiro atoms. The second kappa shape index (κ2) is 6.10. The Hall–Kier alpha value is -3.49. The Balaban J connectivity index is 2.63. The molecular formula is C14H9FN2O6. The van der Waals surface area contributed by atoms with E-state index in [0.29, 0.717) is 0 Å². The number of nitro benzene ring substituents is 1. The highest BCUT2D eigenvalue weighted by atomic mass is 19.1. The number of non-ortho nitro benzene ring substituents is 1. The zero-order chi connectivity index (χ0) is 17.1. The molecule has 0 aliphatic carbocycles. The molecule has 0 saturated carbocycles. The molecule has 0 heterocycles. The van der Waals surface area contributed by atoms with Crippen molar-refractivity contribution in [1.29, 1.82) is 0 Å². The van der Waals surface area contributed by atoms with Crippen molar-refractivity contribution in [3.63, 3.8) is 0 Å².